The standard InChI is InChI=1S/C24H23N3S/c1-23-11-9-21-24(14-23,15-27(21)23)19-4-2-3-18(22(19)20-10-12-26-28-20)17-7-5-16(13-25)6-8-17/h2-8,12,20-21H,9-11,14-15H2,1H3/t20?,21-,23+,24-/m0/s1. The van der Waals surface area contributed by atoms with E-state index in [-0.39, 0.29) is 0 Å². The van der Waals surface area contributed by atoms with Crippen molar-refractivity contribution in [3.8, 4) is 17.2 Å². The van der Waals surface area contributed by atoms with Gasteiger partial charge in [0.15, 0.2) is 0 Å². The van der Waals surface area contributed by atoms with Crippen LogP contribution in [0.4, 0.5) is 0 Å². The normalized spacial score (nSPS) is 37.1. The lowest BCUT2D eigenvalue weighted by atomic mass is 9.63. The van der Waals surface area contributed by atoms with Crippen molar-refractivity contribution < 1.29 is 0 Å². The van der Waals surface area contributed by atoms with Gasteiger partial charge in [-0.2, -0.15) is 5.26 Å². The molecular weight excluding hydrogens is 362 g/mol. The molecule has 4 heteroatoms. The Hall–Kier alpha value is -2.09. The zero-order chi connectivity index (χ0) is 18.9. The van der Waals surface area contributed by atoms with Gasteiger partial charge in [0.25, 0.3) is 0 Å². The second kappa shape index (κ2) is 5.72. The van der Waals surface area contributed by atoms with Crippen molar-refractivity contribution >= 4 is 18.2 Å². The summed E-state index contributed by atoms with van der Waals surface area (Å²) in [6, 6.07) is 18.0. The molecule has 0 amide bonds. The van der Waals surface area contributed by atoms with E-state index in [4.69, 9.17) is 5.26 Å². The Balaban J connectivity index is 1.52. The number of nitrogens with zero attached hydrogens (tertiary/aromatic N) is 3. The summed E-state index contributed by atoms with van der Waals surface area (Å²) in [4.78, 5) is 2.77. The fourth-order valence-electron chi connectivity index (χ4n) is 6.49. The highest BCUT2D eigenvalue weighted by molar-refractivity contribution is 7.98. The predicted octanol–water partition coefficient (Wildman–Crippen LogP) is 5.27. The highest BCUT2D eigenvalue weighted by Crippen LogP contribution is 2.66. The molecule has 5 aliphatic rings. The molecule has 28 heavy (non-hydrogen) atoms. The van der Waals surface area contributed by atoms with Crippen molar-refractivity contribution in [3.63, 3.8) is 0 Å². The number of nitriles is 1. The fraction of sp³-hybridized carbons (Fsp3) is 0.417. The van der Waals surface area contributed by atoms with E-state index in [1.165, 1.54) is 42.5 Å². The van der Waals surface area contributed by atoms with Gasteiger partial charge in [0, 0.05) is 36.2 Å². The highest BCUT2D eigenvalue weighted by Gasteiger charge is 2.71. The van der Waals surface area contributed by atoms with E-state index in [9.17, 15) is 0 Å². The molecule has 4 fully saturated rings. The van der Waals surface area contributed by atoms with E-state index in [1.54, 1.807) is 17.5 Å². The molecule has 0 aliphatic carbocycles. The van der Waals surface area contributed by atoms with Crippen LogP contribution in [0.15, 0.2) is 46.9 Å². The third kappa shape index (κ3) is 2.07. The molecule has 0 N–H and O–H groups in total. The van der Waals surface area contributed by atoms with Crippen molar-refractivity contribution in [2.45, 2.75) is 54.9 Å². The van der Waals surface area contributed by atoms with E-state index in [0.717, 1.165) is 12.5 Å². The first-order chi connectivity index (χ1) is 13.6. The SMILES string of the molecule is C[C@]12CC[C@@H]3N1C[C@]3(c1cccc(-c3ccc(C#N)cc3)c1C1CC=NS1)C2. The molecule has 5 aliphatic heterocycles. The van der Waals surface area contributed by atoms with Crippen LogP contribution in [0.1, 0.15) is 54.5 Å². The molecule has 4 saturated heterocycles. The van der Waals surface area contributed by atoms with Gasteiger partial charge in [-0.3, -0.25) is 4.90 Å². The van der Waals surface area contributed by atoms with Gasteiger partial charge >= 0.3 is 0 Å². The maximum absolute atomic E-state index is 9.16. The monoisotopic (exact) mass is 385 g/mol. The zero-order valence-electron chi connectivity index (χ0n) is 16.1. The van der Waals surface area contributed by atoms with Crippen molar-refractivity contribution in [2.24, 2.45) is 4.40 Å². The minimum Gasteiger partial charge on any atom is -0.293 e. The molecule has 2 aromatic carbocycles. The Kier molecular flexibility index (Phi) is 3.44. The van der Waals surface area contributed by atoms with E-state index < -0.39 is 0 Å². The quantitative estimate of drug-likeness (QED) is 0.676. The molecule has 4 bridgehead atoms. The molecule has 0 radical (unpaired) electrons. The zero-order valence-corrected chi connectivity index (χ0v) is 16.9. The van der Waals surface area contributed by atoms with Crippen molar-refractivity contribution in [1.29, 1.82) is 5.26 Å². The second-order valence-corrected chi connectivity index (χ2v) is 10.1. The smallest absolute Gasteiger partial charge is 0.0991 e. The molecule has 140 valence electrons. The molecule has 2 aromatic rings. The lowest BCUT2D eigenvalue weighted by Crippen LogP contribution is -2.58. The summed E-state index contributed by atoms with van der Waals surface area (Å²) < 4.78 is 4.51. The van der Waals surface area contributed by atoms with Crippen LogP contribution in [0.25, 0.3) is 11.1 Å². The largest absolute Gasteiger partial charge is 0.293 e. The third-order valence-corrected chi connectivity index (χ3v) is 8.64. The van der Waals surface area contributed by atoms with E-state index >= 15 is 0 Å². The van der Waals surface area contributed by atoms with Crippen LogP contribution < -0.4 is 0 Å². The summed E-state index contributed by atoms with van der Waals surface area (Å²) in [6.45, 7) is 3.69. The van der Waals surface area contributed by atoms with Gasteiger partial charge in [0.2, 0.25) is 0 Å². The van der Waals surface area contributed by atoms with Crippen LogP contribution in [0.5, 0.6) is 0 Å². The first kappa shape index (κ1) is 16.8. The maximum Gasteiger partial charge on any atom is 0.0991 e. The lowest BCUT2D eigenvalue weighted by molar-refractivity contribution is 0.0670. The summed E-state index contributed by atoms with van der Waals surface area (Å²) in [7, 11) is 0. The number of hydrogen-bond acceptors (Lipinski definition) is 4. The topological polar surface area (TPSA) is 39.4 Å². The van der Waals surface area contributed by atoms with Crippen LogP contribution in [0.2, 0.25) is 0 Å². The first-order valence-corrected chi connectivity index (χ1v) is 11.1. The molecule has 2 unspecified atom stereocenters. The Morgan fingerprint density at radius 2 is 2.07 bits per heavy atom. The number of benzene rings is 2. The molecule has 7 rings (SSSR count). The van der Waals surface area contributed by atoms with Crippen LogP contribution in [-0.4, -0.2) is 29.2 Å². The lowest BCUT2D eigenvalue weighted by Gasteiger charge is -2.50. The molecule has 5 atom stereocenters. The van der Waals surface area contributed by atoms with Crippen molar-refractivity contribution in [3.05, 3.63) is 59.2 Å². The van der Waals surface area contributed by atoms with Gasteiger partial charge in [-0.15, -0.1) is 0 Å². The highest BCUT2D eigenvalue weighted by atomic mass is 32.2. The molecule has 0 aromatic heterocycles. The van der Waals surface area contributed by atoms with Gasteiger partial charge < -0.3 is 0 Å². The molecular formula is C24H23N3S. The summed E-state index contributed by atoms with van der Waals surface area (Å²) in [6.07, 6.45) is 7.07. The molecule has 3 nitrogen and oxygen atoms in total. The van der Waals surface area contributed by atoms with Gasteiger partial charge in [-0.25, -0.2) is 4.40 Å². The maximum atomic E-state index is 9.16. The average molecular weight is 386 g/mol. The summed E-state index contributed by atoms with van der Waals surface area (Å²) >= 11 is 1.72. The minimum atomic E-state index is 0.327. The Bertz CT molecular complexity index is 1030. The first-order valence-electron chi connectivity index (χ1n) is 10.2. The third-order valence-electron chi connectivity index (χ3n) is 7.68. The van der Waals surface area contributed by atoms with Crippen molar-refractivity contribution in [1.82, 2.24) is 4.90 Å². The van der Waals surface area contributed by atoms with Crippen LogP contribution in [0, 0.1) is 11.3 Å². The second-order valence-electron chi connectivity index (χ2n) is 9.09. The fourth-order valence-corrected chi connectivity index (χ4v) is 7.34. The number of rotatable bonds is 3. The van der Waals surface area contributed by atoms with Crippen LogP contribution in [-0.2, 0) is 5.41 Å². The Morgan fingerprint density at radius 1 is 1.21 bits per heavy atom. The molecule has 0 spiro atoms. The van der Waals surface area contributed by atoms with Crippen LogP contribution >= 0.6 is 11.9 Å². The summed E-state index contributed by atoms with van der Waals surface area (Å²) in [5.74, 6) is 0. The van der Waals surface area contributed by atoms with Gasteiger partial charge in [0.05, 0.1) is 16.9 Å². The van der Waals surface area contributed by atoms with E-state index in [1.807, 2.05) is 12.1 Å². The van der Waals surface area contributed by atoms with Crippen LogP contribution in [0.3, 0.4) is 0 Å². The minimum absolute atomic E-state index is 0.327. The average Bonchev–Trinajstić information content (AvgIpc) is 3.44. The van der Waals surface area contributed by atoms with Crippen molar-refractivity contribution in [2.75, 3.05) is 6.54 Å². The summed E-state index contributed by atoms with van der Waals surface area (Å²) in [5.41, 5.74) is 7.05. The molecule has 0 saturated carbocycles. The Morgan fingerprint density at radius 3 is 2.71 bits per heavy atom. The number of hydrogen-bond donors (Lipinski definition) is 0. The molecule has 5 heterocycles. The van der Waals surface area contributed by atoms with E-state index in [2.05, 4.69) is 58.8 Å². The Labute approximate surface area is 170 Å². The van der Waals surface area contributed by atoms with Gasteiger partial charge in [-0.1, -0.05) is 30.3 Å². The van der Waals surface area contributed by atoms with Gasteiger partial charge in [-0.05, 0) is 72.5 Å². The van der Waals surface area contributed by atoms with E-state index in [0.29, 0.717) is 21.8 Å². The predicted molar refractivity (Wildman–Crippen MR) is 114 cm³/mol. The van der Waals surface area contributed by atoms with Gasteiger partial charge in [0.1, 0.15) is 0 Å². The summed E-state index contributed by atoms with van der Waals surface area (Å²) in [5, 5.41) is 9.56.